The van der Waals surface area contributed by atoms with Gasteiger partial charge in [0.25, 0.3) is 0 Å². The molecular weight excluding hydrogens is 262 g/mol. The fourth-order valence-corrected chi connectivity index (χ4v) is 4.14. The van der Waals surface area contributed by atoms with E-state index in [2.05, 4.69) is 48.6 Å². The Balaban J connectivity index is 1.65. The molecule has 0 amide bonds. The van der Waals surface area contributed by atoms with Crippen LogP contribution < -0.4 is 11.3 Å². The van der Waals surface area contributed by atoms with E-state index in [0.29, 0.717) is 18.0 Å². The smallest absolute Gasteiger partial charge is 0.0640 e. The zero-order valence-electron chi connectivity index (χ0n) is 13.5. The summed E-state index contributed by atoms with van der Waals surface area (Å²) in [6.07, 6.45) is 8.27. The Labute approximate surface area is 127 Å². The lowest BCUT2D eigenvalue weighted by Gasteiger charge is -2.39. The van der Waals surface area contributed by atoms with Crippen LogP contribution in [0, 0.1) is 5.92 Å². The second kappa shape index (κ2) is 6.07. The Hall–Kier alpha value is -0.910. The van der Waals surface area contributed by atoms with Crippen molar-refractivity contribution in [1.82, 2.24) is 20.1 Å². The van der Waals surface area contributed by atoms with E-state index in [4.69, 9.17) is 5.84 Å². The summed E-state index contributed by atoms with van der Waals surface area (Å²) in [7, 11) is 2.29. The predicted molar refractivity (Wildman–Crippen MR) is 84.7 cm³/mol. The first-order valence-electron chi connectivity index (χ1n) is 8.30. The molecule has 2 saturated heterocycles. The Bertz CT molecular complexity index is 455. The van der Waals surface area contributed by atoms with Crippen LogP contribution in [0.1, 0.15) is 51.3 Å². The highest BCUT2D eigenvalue weighted by Gasteiger charge is 2.40. The third-order valence-corrected chi connectivity index (χ3v) is 5.54. The average Bonchev–Trinajstić information content (AvgIpc) is 2.98. The summed E-state index contributed by atoms with van der Waals surface area (Å²) in [5.41, 5.74) is 4.23. The first-order valence-corrected chi connectivity index (χ1v) is 8.30. The molecule has 5 heteroatoms. The molecule has 21 heavy (non-hydrogen) atoms. The molecule has 118 valence electrons. The lowest BCUT2D eigenvalue weighted by molar-refractivity contribution is 0.112. The molecule has 0 aromatic carbocycles. The van der Waals surface area contributed by atoms with Crippen LogP contribution >= 0.6 is 0 Å². The van der Waals surface area contributed by atoms with Crippen LogP contribution in [-0.4, -0.2) is 39.9 Å². The van der Waals surface area contributed by atoms with E-state index in [1.165, 1.54) is 25.7 Å². The predicted octanol–water partition coefficient (Wildman–Crippen LogP) is 1.71. The number of aromatic nitrogens is 2. The lowest BCUT2D eigenvalue weighted by Crippen LogP contribution is -2.49. The molecule has 0 spiro atoms. The molecule has 2 aliphatic rings. The molecule has 3 atom stereocenters. The molecule has 2 fully saturated rings. The Morgan fingerprint density at radius 2 is 2.00 bits per heavy atom. The fraction of sp³-hybridized carbons (Fsp3) is 0.812. The van der Waals surface area contributed by atoms with E-state index < -0.39 is 0 Å². The maximum absolute atomic E-state index is 5.87. The number of rotatable bonds is 5. The number of nitrogens with two attached hydrogens (primary N) is 1. The van der Waals surface area contributed by atoms with Crippen LogP contribution in [0.5, 0.6) is 0 Å². The van der Waals surface area contributed by atoms with E-state index >= 15 is 0 Å². The summed E-state index contributed by atoms with van der Waals surface area (Å²) < 4.78 is 2.03. The van der Waals surface area contributed by atoms with Gasteiger partial charge in [-0.05, 0) is 58.6 Å². The minimum atomic E-state index is 0.345. The summed E-state index contributed by atoms with van der Waals surface area (Å²) in [6.45, 7) is 4.31. The summed E-state index contributed by atoms with van der Waals surface area (Å²) in [6, 6.07) is 4.42. The maximum Gasteiger partial charge on any atom is 0.0640 e. The minimum absolute atomic E-state index is 0.345. The van der Waals surface area contributed by atoms with Crippen molar-refractivity contribution >= 4 is 0 Å². The van der Waals surface area contributed by atoms with E-state index in [1.54, 1.807) is 0 Å². The molecule has 3 rings (SSSR count). The average molecular weight is 291 g/mol. The van der Waals surface area contributed by atoms with Crippen LogP contribution in [0.15, 0.2) is 12.3 Å². The largest absolute Gasteiger partial charge is 0.300 e. The van der Waals surface area contributed by atoms with Gasteiger partial charge in [-0.3, -0.25) is 16.0 Å². The van der Waals surface area contributed by atoms with Gasteiger partial charge in [0.05, 0.1) is 5.69 Å². The first kappa shape index (κ1) is 15.0. The molecule has 1 aromatic rings. The summed E-state index contributed by atoms with van der Waals surface area (Å²) in [5.74, 6) is 6.54. The molecule has 3 unspecified atom stereocenters. The Morgan fingerprint density at radius 1 is 1.33 bits per heavy atom. The van der Waals surface area contributed by atoms with Gasteiger partial charge in [-0.1, -0.05) is 0 Å². The quantitative estimate of drug-likeness (QED) is 0.640. The van der Waals surface area contributed by atoms with Crippen molar-refractivity contribution in [1.29, 1.82) is 0 Å². The monoisotopic (exact) mass is 291 g/mol. The van der Waals surface area contributed by atoms with Crippen molar-refractivity contribution in [3.05, 3.63) is 18.0 Å². The topological polar surface area (TPSA) is 59.1 Å². The fourth-order valence-electron chi connectivity index (χ4n) is 4.14. The van der Waals surface area contributed by atoms with Gasteiger partial charge in [-0.15, -0.1) is 0 Å². The highest BCUT2D eigenvalue weighted by Crippen LogP contribution is 2.39. The molecule has 2 aliphatic heterocycles. The standard InChI is InChI=1S/C16H29N5/c1-11(2)21-7-6-13(19-21)10-16(18-17)12-8-14-4-5-15(9-12)20(14)3/h6-7,11-12,14-16,18H,4-5,8-10,17H2,1-3H3. The van der Waals surface area contributed by atoms with Crippen molar-refractivity contribution in [2.45, 2.75) is 70.1 Å². The van der Waals surface area contributed by atoms with Gasteiger partial charge < -0.3 is 4.90 Å². The van der Waals surface area contributed by atoms with E-state index in [9.17, 15) is 0 Å². The molecule has 3 heterocycles. The van der Waals surface area contributed by atoms with E-state index in [1.807, 2.05) is 4.68 Å². The van der Waals surface area contributed by atoms with Crippen molar-refractivity contribution in [3.63, 3.8) is 0 Å². The third kappa shape index (κ3) is 3.00. The van der Waals surface area contributed by atoms with Crippen LogP contribution in [0.4, 0.5) is 0 Å². The van der Waals surface area contributed by atoms with Crippen molar-refractivity contribution in [2.75, 3.05) is 7.05 Å². The van der Waals surface area contributed by atoms with Gasteiger partial charge in [-0.25, -0.2) is 0 Å². The molecule has 2 bridgehead atoms. The van der Waals surface area contributed by atoms with E-state index in [0.717, 1.165) is 24.2 Å². The zero-order chi connectivity index (χ0) is 15.0. The third-order valence-electron chi connectivity index (χ3n) is 5.54. The van der Waals surface area contributed by atoms with Gasteiger partial charge >= 0.3 is 0 Å². The van der Waals surface area contributed by atoms with Crippen LogP contribution in [0.25, 0.3) is 0 Å². The van der Waals surface area contributed by atoms with Crippen LogP contribution in [-0.2, 0) is 6.42 Å². The normalized spacial score (nSPS) is 31.0. The maximum atomic E-state index is 5.87. The van der Waals surface area contributed by atoms with E-state index in [-0.39, 0.29) is 0 Å². The molecule has 0 radical (unpaired) electrons. The lowest BCUT2D eigenvalue weighted by atomic mass is 9.83. The molecule has 0 aliphatic carbocycles. The molecule has 1 aromatic heterocycles. The second-order valence-electron chi connectivity index (χ2n) is 7.14. The van der Waals surface area contributed by atoms with Crippen molar-refractivity contribution in [3.8, 4) is 0 Å². The first-order chi connectivity index (χ1) is 10.1. The van der Waals surface area contributed by atoms with Crippen LogP contribution in [0.3, 0.4) is 0 Å². The Kier molecular flexibility index (Phi) is 4.33. The van der Waals surface area contributed by atoms with Gasteiger partial charge in [0.15, 0.2) is 0 Å². The number of nitrogens with zero attached hydrogens (tertiary/aromatic N) is 3. The summed E-state index contributed by atoms with van der Waals surface area (Å²) >= 11 is 0. The SMILES string of the molecule is CC(C)n1ccc(CC(NN)C2CC3CCC(C2)N3C)n1. The molecule has 3 N–H and O–H groups in total. The van der Waals surface area contributed by atoms with Gasteiger partial charge in [-0.2, -0.15) is 5.10 Å². The summed E-state index contributed by atoms with van der Waals surface area (Å²) in [4.78, 5) is 2.58. The highest BCUT2D eigenvalue weighted by molar-refractivity contribution is 5.05. The number of piperidine rings is 1. The summed E-state index contributed by atoms with van der Waals surface area (Å²) in [5, 5.41) is 4.67. The number of hydrogen-bond acceptors (Lipinski definition) is 4. The second-order valence-corrected chi connectivity index (χ2v) is 7.14. The number of nitrogens with one attached hydrogen (secondary N) is 1. The van der Waals surface area contributed by atoms with Gasteiger partial charge in [0, 0.05) is 36.8 Å². The number of hydrazine groups is 1. The number of hydrogen-bond donors (Lipinski definition) is 2. The van der Waals surface area contributed by atoms with Gasteiger partial charge in [0.1, 0.15) is 0 Å². The molecule has 0 saturated carbocycles. The highest BCUT2D eigenvalue weighted by atomic mass is 15.3. The van der Waals surface area contributed by atoms with Gasteiger partial charge in [0.2, 0.25) is 0 Å². The zero-order valence-corrected chi connectivity index (χ0v) is 13.5. The van der Waals surface area contributed by atoms with Crippen molar-refractivity contribution in [2.24, 2.45) is 11.8 Å². The molecule has 5 nitrogen and oxygen atoms in total. The Morgan fingerprint density at radius 3 is 2.52 bits per heavy atom. The van der Waals surface area contributed by atoms with Crippen molar-refractivity contribution < 1.29 is 0 Å². The van der Waals surface area contributed by atoms with Crippen LogP contribution in [0.2, 0.25) is 0 Å². The number of fused-ring (bicyclic) bond motifs is 2. The molecular formula is C16H29N5. The minimum Gasteiger partial charge on any atom is -0.300 e.